The van der Waals surface area contributed by atoms with E-state index in [4.69, 9.17) is 9.72 Å². The van der Waals surface area contributed by atoms with E-state index in [9.17, 15) is 0 Å². The van der Waals surface area contributed by atoms with Gasteiger partial charge in [0.1, 0.15) is 17.3 Å². The van der Waals surface area contributed by atoms with Gasteiger partial charge in [-0.15, -0.1) is 0 Å². The van der Waals surface area contributed by atoms with Crippen molar-refractivity contribution in [2.24, 2.45) is 0 Å². The minimum absolute atomic E-state index is 0.742. The number of ether oxygens (including phenoxy) is 1. The van der Waals surface area contributed by atoms with Crippen molar-refractivity contribution in [3.05, 3.63) is 219 Å². The van der Waals surface area contributed by atoms with Crippen LogP contribution in [0.2, 0.25) is 0 Å². The van der Waals surface area contributed by atoms with E-state index in [1.807, 2.05) is 54.9 Å². The molecule has 274 valence electrons. The summed E-state index contributed by atoms with van der Waals surface area (Å²) in [5.41, 5.74) is 7.48. The van der Waals surface area contributed by atoms with Gasteiger partial charge in [-0.1, -0.05) is 121 Å². The molecule has 7 aromatic carbocycles. The van der Waals surface area contributed by atoms with Crippen LogP contribution in [0.1, 0.15) is 0 Å². The summed E-state index contributed by atoms with van der Waals surface area (Å²) in [6, 6.07) is 73.7. The molecule has 0 unspecified atom stereocenters. The van der Waals surface area contributed by atoms with Gasteiger partial charge in [0.2, 0.25) is 0 Å². The van der Waals surface area contributed by atoms with Gasteiger partial charge in [0.25, 0.3) is 0 Å². The predicted molar refractivity (Wildman–Crippen MR) is 240 cm³/mol. The fourth-order valence-corrected chi connectivity index (χ4v) is 14.1. The van der Waals surface area contributed by atoms with Gasteiger partial charge >= 0.3 is 0 Å². The fourth-order valence-electron chi connectivity index (χ4n) is 8.98. The summed E-state index contributed by atoms with van der Waals surface area (Å²) in [4.78, 5) is 12.0. The Balaban J connectivity index is 1.21. The number of hydrogen-bond acceptors (Lipinski definition) is 4. The summed E-state index contributed by atoms with van der Waals surface area (Å²) in [5.74, 6) is 2.33. The van der Waals surface area contributed by atoms with E-state index >= 15 is 0 Å². The molecule has 6 heteroatoms. The Morgan fingerprint density at radius 2 is 1.09 bits per heavy atom. The second-order valence-electron chi connectivity index (χ2n) is 14.6. The van der Waals surface area contributed by atoms with Crippen LogP contribution in [0.25, 0.3) is 38.9 Å². The Morgan fingerprint density at radius 3 is 1.81 bits per heavy atom. The first kappa shape index (κ1) is 33.8. The summed E-state index contributed by atoms with van der Waals surface area (Å²) in [7, 11) is -2.92. The Kier molecular flexibility index (Phi) is 8.08. The zero-order chi connectivity index (χ0) is 38.5. The summed E-state index contributed by atoms with van der Waals surface area (Å²) in [6.07, 6.45) is 3.68. The van der Waals surface area contributed by atoms with E-state index in [1.54, 1.807) is 0 Å². The monoisotopic (exact) mass is 760 g/mol. The Morgan fingerprint density at radius 1 is 0.431 bits per heavy atom. The number of para-hydroxylation sites is 2. The van der Waals surface area contributed by atoms with Gasteiger partial charge in [0, 0.05) is 51.9 Å². The topological polar surface area (TPSA) is 43.2 Å². The molecule has 5 nitrogen and oxygen atoms in total. The maximum Gasteiger partial charge on any atom is 0.184 e. The van der Waals surface area contributed by atoms with E-state index in [1.165, 1.54) is 37.5 Å². The van der Waals surface area contributed by atoms with E-state index in [2.05, 4.69) is 178 Å². The quantitative estimate of drug-likeness (QED) is 0.152. The molecule has 58 heavy (non-hydrogen) atoms. The first-order valence-electron chi connectivity index (χ1n) is 19.6. The molecule has 0 aliphatic carbocycles. The molecule has 0 saturated heterocycles. The smallest absolute Gasteiger partial charge is 0.184 e. The number of pyridine rings is 2. The lowest BCUT2D eigenvalue weighted by molar-refractivity contribution is 0.483. The van der Waals surface area contributed by atoms with Crippen LogP contribution in [0.3, 0.4) is 0 Å². The van der Waals surface area contributed by atoms with Crippen molar-refractivity contribution in [3.8, 4) is 28.6 Å². The number of anilines is 3. The zero-order valence-corrected chi connectivity index (χ0v) is 32.5. The van der Waals surface area contributed by atoms with Gasteiger partial charge in [-0.2, -0.15) is 0 Å². The van der Waals surface area contributed by atoms with Crippen molar-refractivity contribution in [1.82, 2.24) is 14.5 Å². The summed E-state index contributed by atoms with van der Waals surface area (Å²) in [6.45, 7) is 0. The van der Waals surface area contributed by atoms with Crippen molar-refractivity contribution in [2.45, 2.75) is 0 Å². The highest BCUT2D eigenvalue weighted by atomic mass is 28.3. The minimum Gasteiger partial charge on any atom is -0.457 e. The maximum absolute atomic E-state index is 6.64. The van der Waals surface area contributed by atoms with Crippen LogP contribution in [0, 0.1) is 0 Å². The minimum atomic E-state index is -2.92. The summed E-state index contributed by atoms with van der Waals surface area (Å²) < 4.78 is 8.93. The highest BCUT2D eigenvalue weighted by Gasteiger charge is 2.49. The summed E-state index contributed by atoms with van der Waals surface area (Å²) in [5, 5.41) is 7.69. The predicted octanol–water partition coefficient (Wildman–Crippen LogP) is 10.2. The highest BCUT2D eigenvalue weighted by molar-refractivity contribution is 7.21. The number of aromatic nitrogens is 3. The number of benzene rings is 7. The molecule has 0 spiro atoms. The second kappa shape index (κ2) is 13.9. The Hall–Kier alpha value is -7.54. The molecule has 0 bridgehead atoms. The molecule has 11 rings (SSSR count). The van der Waals surface area contributed by atoms with Gasteiger partial charge in [-0.3, -0.25) is 9.55 Å². The van der Waals surface area contributed by atoms with Crippen molar-refractivity contribution < 1.29 is 4.74 Å². The van der Waals surface area contributed by atoms with Crippen LogP contribution >= 0.6 is 0 Å². The van der Waals surface area contributed by atoms with Gasteiger partial charge in [-0.25, -0.2) is 4.98 Å². The largest absolute Gasteiger partial charge is 0.457 e. The molecule has 3 aromatic heterocycles. The van der Waals surface area contributed by atoms with Crippen molar-refractivity contribution in [2.75, 3.05) is 4.90 Å². The molecule has 0 saturated carbocycles. The first-order valence-corrected chi connectivity index (χ1v) is 21.6. The van der Waals surface area contributed by atoms with Gasteiger partial charge < -0.3 is 9.64 Å². The highest BCUT2D eigenvalue weighted by Crippen LogP contribution is 2.43. The van der Waals surface area contributed by atoms with E-state index < -0.39 is 8.07 Å². The maximum atomic E-state index is 6.64. The van der Waals surface area contributed by atoms with Crippen molar-refractivity contribution in [3.63, 3.8) is 0 Å². The van der Waals surface area contributed by atoms with Crippen LogP contribution in [0.4, 0.5) is 17.1 Å². The first-order chi connectivity index (χ1) is 28.8. The van der Waals surface area contributed by atoms with Crippen LogP contribution in [0.5, 0.6) is 11.5 Å². The zero-order valence-electron chi connectivity index (χ0n) is 31.5. The second-order valence-corrected chi connectivity index (χ2v) is 18.3. The van der Waals surface area contributed by atoms with Crippen LogP contribution in [-0.2, 0) is 0 Å². The molecule has 0 fully saturated rings. The van der Waals surface area contributed by atoms with E-state index in [-0.39, 0.29) is 0 Å². The molecule has 4 heterocycles. The van der Waals surface area contributed by atoms with Crippen molar-refractivity contribution >= 4 is 67.7 Å². The van der Waals surface area contributed by atoms with E-state index in [0.29, 0.717) is 0 Å². The molecule has 0 radical (unpaired) electrons. The van der Waals surface area contributed by atoms with E-state index in [0.717, 1.165) is 50.7 Å². The molecular formula is C52H36N4OSi. The van der Waals surface area contributed by atoms with Gasteiger partial charge in [0.05, 0.1) is 16.7 Å². The molecule has 0 amide bonds. The SMILES string of the molecule is c1ccc(N2c3ccccc3[Si](c3ccccc3)(c3ccccc3)c3cc4c5ccc(Oc6cccc(-c7ccccn7)c6)cc5n(-c5ccccn5)c4cc32)cc1. The lowest BCUT2D eigenvalue weighted by atomic mass is 10.1. The third-order valence-electron chi connectivity index (χ3n) is 11.4. The Labute approximate surface area is 337 Å². The van der Waals surface area contributed by atoms with Crippen LogP contribution in [0.15, 0.2) is 219 Å². The van der Waals surface area contributed by atoms with Crippen LogP contribution < -0.4 is 30.4 Å². The normalized spacial score (nSPS) is 12.9. The molecule has 0 atom stereocenters. The van der Waals surface area contributed by atoms with Crippen LogP contribution in [-0.4, -0.2) is 22.6 Å². The average Bonchev–Trinajstić information content (AvgIpc) is 3.61. The van der Waals surface area contributed by atoms with Gasteiger partial charge in [-0.05, 0) is 99.6 Å². The number of fused-ring (bicyclic) bond motifs is 5. The number of rotatable bonds is 7. The lowest BCUT2D eigenvalue weighted by Gasteiger charge is -2.45. The lowest BCUT2D eigenvalue weighted by Crippen LogP contribution is -2.77. The third kappa shape index (κ3) is 5.38. The fraction of sp³-hybridized carbons (Fsp3) is 0. The number of hydrogen-bond donors (Lipinski definition) is 0. The van der Waals surface area contributed by atoms with Gasteiger partial charge in [0.15, 0.2) is 8.07 Å². The number of nitrogens with zero attached hydrogens (tertiary/aromatic N) is 4. The molecule has 1 aliphatic rings. The Bertz CT molecular complexity index is 3040. The molecule has 1 aliphatic heterocycles. The average molecular weight is 761 g/mol. The van der Waals surface area contributed by atoms with Crippen molar-refractivity contribution in [1.29, 1.82) is 0 Å². The third-order valence-corrected chi connectivity index (χ3v) is 16.2. The molecule has 10 aromatic rings. The summed E-state index contributed by atoms with van der Waals surface area (Å²) >= 11 is 0. The molecule has 0 N–H and O–H groups in total. The molecular weight excluding hydrogens is 725 g/mol. The standard InChI is InChI=1S/C52H36N4OSi/c1-4-18-38(19-5-1)55-46-26-10-11-27-50(46)58(41-21-6-2-7-22-41,42-23-8-3-9-24-42)51-35-44-43-30-29-40(57-39-20-16-17-37(33-39)45-25-12-14-31-53-45)34-47(43)56(48(44)36-49(51)55)52-28-13-15-32-54-52/h1-36H.